The smallest absolute Gasteiger partial charge is 0.188 e. The Labute approximate surface area is 174 Å². The lowest BCUT2D eigenvalue weighted by Crippen LogP contribution is -2.46. The summed E-state index contributed by atoms with van der Waals surface area (Å²) in [7, 11) is 0. The first-order valence-corrected chi connectivity index (χ1v) is 9.26. The number of piperazine rings is 1. The number of guanidine groups is 1. The molecule has 0 amide bonds. The van der Waals surface area contributed by atoms with Gasteiger partial charge in [0.25, 0.3) is 0 Å². The summed E-state index contributed by atoms with van der Waals surface area (Å²) in [6.07, 6.45) is 2.78. The highest BCUT2D eigenvalue weighted by atomic mass is 127. The van der Waals surface area contributed by atoms with Crippen LogP contribution >= 0.6 is 24.0 Å². The Morgan fingerprint density at radius 1 is 1.31 bits per heavy atom. The molecule has 0 saturated carbocycles. The van der Waals surface area contributed by atoms with Gasteiger partial charge in [-0.1, -0.05) is 6.92 Å². The van der Waals surface area contributed by atoms with Gasteiger partial charge in [-0.25, -0.2) is 9.98 Å². The van der Waals surface area contributed by atoms with Crippen molar-refractivity contribution in [2.75, 3.05) is 57.4 Å². The Morgan fingerprint density at radius 2 is 2.08 bits per heavy atom. The summed E-state index contributed by atoms with van der Waals surface area (Å²) in [4.78, 5) is 13.7. The molecule has 2 rings (SSSR count). The summed E-state index contributed by atoms with van der Waals surface area (Å²) in [6, 6.07) is 4.12. The molecule has 0 aliphatic carbocycles. The van der Waals surface area contributed by atoms with Gasteiger partial charge in [-0.3, -0.25) is 0 Å². The molecule has 1 aliphatic heterocycles. The standard InChI is InChI=1S/C18H32N6O.HI/c1-3-23-9-11-24(12-10-23)17-14-16(6-8-20-17)15-22-18(19)21-7-5-13-25-4-2;/h6,8,14H,3-5,7,9-13,15H2,1-2H3,(H3,19,21,22);1H. The van der Waals surface area contributed by atoms with Crippen molar-refractivity contribution in [3.63, 3.8) is 0 Å². The van der Waals surface area contributed by atoms with Crippen LogP contribution in [0.2, 0.25) is 0 Å². The molecule has 0 bridgehead atoms. The fourth-order valence-electron chi connectivity index (χ4n) is 2.79. The lowest BCUT2D eigenvalue weighted by Gasteiger charge is -2.34. The lowest BCUT2D eigenvalue weighted by atomic mass is 10.2. The predicted molar refractivity (Wildman–Crippen MR) is 118 cm³/mol. The maximum Gasteiger partial charge on any atom is 0.188 e. The normalized spacial score (nSPS) is 15.6. The molecule has 1 aromatic heterocycles. The highest BCUT2D eigenvalue weighted by molar-refractivity contribution is 14.0. The summed E-state index contributed by atoms with van der Waals surface area (Å²) >= 11 is 0. The van der Waals surface area contributed by atoms with Crippen molar-refractivity contribution in [1.82, 2.24) is 15.2 Å². The van der Waals surface area contributed by atoms with Crippen LogP contribution in [-0.4, -0.2) is 68.3 Å². The van der Waals surface area contributed by atoms with Crippen LogP contribution in [0.5, 0.6) is 0 Å². The van der Waals surface area contributed by atoms with Crippen LogP contribution in [0, 0.1) is 0 Å². The molecule has 3 N–H and O–H groups in total. The van der Waals surface area contributed by atoms with Crippen LogP contribution in [-0.2, 0) is 11.3 Å². The largest absolute Gasteiger partial charge is 0.382 e. The zero-order valence-electron chi connectivity index (χ0n) is 16.0. The second kappa shape index (κ2) is 13.1. The number of hydrogen-bond acceptors (Lipinski definition) is 5. The van der Waals surface area contributed by atoms with Gasteiger partial charge >= 0.3 is 0 Å². The van der Waals surface area contributed by atoms with Crippen molar-refractivity contribution in [3.05, 3.63) is 23.9 Å². The van der Waals surface area contributed by atoms with Crippen molar-refractivity contribution in [3.8, 4) is 0 Å². The van der Waals surface area contributed by atoms with Gasteiger partial charge in [0.2, 0.25) is 0 Å². The second-order valence-electron chi connectivity index (χ2n) is 6.12. The van der Waals surface area contributed by atoms with E-state index >= 15 is 0 Å². The zero-order chi connectivity index (χ0) is 17.9. The Bertz CT molecular complexity index is 534. The molecule has 1 aliphatic rings. The quantitative estimate of drug-likeness (QED) is 0.245. The van der Waals surface area contributed by atoms with Crippen LogP contribution in [0.15, 0.2) is 23.3 Å². The molecule has 1 saturated heterocycles. The number of anilines is 1. The number of nitrogens with two attached hydrogens (primary N) is 1. The van der Waals surface area contributed by atoms with E-state index in [4.69, 9.17) is 10.5 Å². The second-order valence-corrected chi connectivity index (χ2v) is 6.12. The molecule has 148 valence electrons. The predicted octanol–water partition coefficient (Wildman–Crippen LogP) is 1.67. The zero-order valence-corrected chi connectivity index (χ0v) is 18.3. The third-order valence-corrected chi connectivity index (χ3v) is 4.36. The van der Waals surface area contributed by atoms with Gasteiger partial charge in [0.1, 0.15) is 5.82 Å². The topological polar surface area (TPSA) is 79.0 Å². The van der Waals surface area contributed by atoms with E-state index in [2.05, 4.69) is 38.1 Å². The first-order chi connectivity index (χ1) is 12.2. The van der Waals surface area contributed by atoms with E-state index in [1.165, 1.54) is 0 Å². The number of hydrogen-bond donors (Lipinski definition) is 2. The molecular weight excluding hydrogens is 443 g/mol. The minimum atomic E-state index is 0. The molecule has 0 unspecified atom stereocenters. The van der Waals surface area contributed by atoms with Crippen molar-refractivity contribution in [2.45, 2.75) is 26.8 Å². The number of aliphatic imine (C=N–C) groups is 1. The summed E-state index contributed by atoms with van der Waals surface area (Å²) < 4.78 is 5.29. The van der Waals surface area contributed by atoms with Gasteiger partial charge in [0, 0.05) is 52.1 Å². The van der Waals surface area contributed by atoms with E-state index in [-0.39, 0.29) is 24.0 Å². The van der Waals surface area contributed by atoms with E-state index < -0.39 is 0 Å². The fraction of sp³-hybridized carbons (Fsp3) is 0.667. The number of likely N-dealkylation sites (N-methyl/N-ethyl adjacent to an activating group) is 1. The number of pyridine rings is 1. The molecule has 2 heterocycles. The van der Waals surface area contributed by atoms with E-state index in [1.807, 2.05) is 19.2 Å². The monoisotopic (exact) mass is 476 g/mol. The van der Waals surface area contributed by atoms with Gasteiger partial charge < -0.3 is 25.6 Å². The number of nitrogens with one attached hydrogen (secondary N) is 1. The van der Waals surface area contributed by atoms with Gasteiger partial charge in [0.05, 0.1) is 6.54 Å². The molecular formula is C18H33IN6O. The summed E-state index contributed by atoms with van der Waals surface area (Å²) in [6.45, 7) is 12.4. The number of ether oxygens (including phenoxy) is 1. The average molecular weight is 476 g/mol. The minimum absolute atomic E-state index is 0. The molecule has 0 aromatic carbocycles. The van der Waals surface area contributed by atoms with Crippen LogP contribution in [0.3, 0.4) is 0 Å². The van der Waals surface area contributed by atoms with Gasteiger partial charge in [-0.05, 0) is 37.6 Å². The molecule has 1 aromatic rings. The van der Waals surface area contributed by atoms with Crippen molar-refractivity contribution >= 4 is 35.8 Å². The summed E-state index contributed by atoms with van der Waals surface area (Å²) in [5.41, 5.74) is 7.04. The first kappa shape index (κ1) is 22.9. The Hall–Kier alpha value is -1.13. The summed E-state index contributed by atoms with van der Waals surface area (Å²) in [5.74, 6) is 1.51. The SMILES string of the molecule is CCOCCCNC(N)=NCc1ccnc(N2CCN(CC)CC2)c1.I. The van der Waals surface area contributed by atoms with E-state index in [9.17, 15) is 0 Å². The van der Waals surface area contributed by atoms with E-state index in [0.29, 0.717) is 12.5 Å². The van der Waals surface area contributed by atoms with Crippen molar-refractivity contribution in [1.29, 1.82) is 0 Å². The Morgan fingerprint density at radius 3 is 2.77 bits per heavy atom. The third kappa shape index (κ3) is 8.05. The molecule has 0 atom stereocenters. The van der Waals surface area contributed by atoms with Crippen LogP contribution in [0.25, 0.3) is 0 Å². The van der Waals surface area contributed by atoms with Crippen molar-refractivity contribution in [2.24, 2.45) is 10.7 Å². The van der Waals surface area contributed by atoms with Gasteiger partial charge in [0.15, 0.2) is 5.96 Å². The number of rotatable bonds is 9. The number of aromatic nitrogens is 1. The van der Waals surface area contributed by atoms with Crippen LogP contribution in [0.1, 0.15) is 25.8 Å². The fourth-order valence-corrected chi connectivity index (χ4v) is 2.79. The van der Waals surface area contributed by atoms with Gasteiger partial charge in [-0.2, -0.15) is 0 Å². The molecule has 1 fully saturated rings. The average Bonchev–Trinajstić information content (AvgIpc) is 2.66. The third-order valence-electron chi connectivity index (χ3n) is 4.36. The summed E-state index contributed by atoms with van der Waals surface area (Å²) in [5, 5.41) is 3.12. The maximum absolute atomic E-state index is 5.91. The van der Waals surface area contributed by atoms with Crippen molar-refractivity contribution < 1.29 is 4.74 Å². The van der Waals surface area contributed by atoms with Crippen LogP contribution in [0.4, 0.5) is 5.82 Å². The maximum atomic E-state index is 5.91. The van der Waals surface area contributed by atoms with Crippen LogP contribution < -0.4 is 16.0 Å². The molecule has 7 nitrogen and oxygen atoms in total. The van der Waals surface area contributed by atoms with Gasteiger partial charge in [-0.15, -0.1) is 24.0 Å². The number of halogens is 1. The molecule has 26 heavy (non-hydrogen) atoms. The lowest BCUT2D eigenvalue weighted by molar-refractivity contribution is 0.145. The highest BCUT2D eigenvalue weighted by Crippen LogP contribution is 2.15. The molecule has 8 heteroatoms. The number of nitrogens with zero attached hydrogens (tertiary/aromatic N) is 4. The first-order valence-electron chi connectivity index (χ1n) is 9.26. The minimum Gasteiger partial charge on any atom is -0.382 e. The Kier molecular flexibility index (Phi) is 11.5. The molecule has 0 spiro atoms. The molecule has 0 radical (unpaired) electrons. The van der Waals surface area contributed by atoms with E-state index in [0.717, 1.165) is 70.3 Å². The highest BCUT2D eigenvalue weighted by Gasteiger charge is 2.16. The Balaban J connectivity index is 0.00000338. The van der Waals surface area contributed by atoms with E-state index in [1.54, 1.807) is 0 Å².